The maximum absolute atomic E-state index is 11.5. The van der Waals surface area contributed by atoms with Gasteiger partial charge in [0.2, 0.25) is 0 Å². The van der Waals surface area contributed by atoms with E-state index in [1.807, 2.05) is 0 Å². The Hall–Kier alpha value is -2.98. The molecule has 0 rings (SSSR count). The van der Waals surface area contributed by atoms with Gasteiger partial charge < -0.3 is 23.7 Å². The second-order valence-corrected chi connectivity index (χ2v) is 5.31. The van der Waals surface area contributed by atoms with E-state index in [0.29, 0.717) is 0 Å². The number of hydrogen-bond acceptors (Lipinski definition) is 11. The van der Waals surface area contributed by atoms with Crippen molar-refractivity contribution in [3.63, 3.8) is 0 Å². The predicted octanol–water partition coefficient (Wildman–Crippen LogP) is -0.525. The molecule has 0 bridgehead atoms. The molecule has 4 atom stereocenters. The molecule has 0 aliphatic rings. The summed E-state index contributed by atoms with van der Waals surface area (Å²) in [4.78, 5) is 68.0. The third kappa shape index (κ3) is 9.92. The summed E-state index contributed by atoms with van der Waals surface area (Å²) < 4.78 is 24.6. The van der Waals surface area contributed by atoms with Crippen LogP contribution in [0.3, 0.4) is 0 Å². The lowest BCUT2D eigenvalue weighted by atomic mass is 10.0. The summed E-state index contributed by atoms with van der Waals surface area (Å²) in [5.41, 5.74) is 0. The summed E-state index contributed by atoms with van der Waals surface area (Å²) in [5.74, 6) is -4.23. The molecule has 152 valence electrons. The van der Waals surface area contributed by atoms with Gasteiger partial charge in [-0.25, -0.2) is 0 Å². The molecule has 0 aliphatic carbocycles. The molecule has 0 aromatic heterocycles. The molecule has 0 fully saturated rings. The van der Waals surface area contributed by atoms with Crippen molar-refractivity contribution >= 4 is 36.1 Å². The van der Waals surface area contributed by atoms with Gasteiger partial charge >= 0.3 is 29.8 Å². The number of carbonyl (C=O) groups is 6. The van der Waals surface area contributed by atoms with Crippen LogP contribution in [0.2, 0.25) is 0 Å². The fourth-order valence-corrected chi connectivity index (χ4v) is 2.03. The normalized spacial score (nSPS) is 14.6. The Morgan fingerprint density at radius 2 is 1.11 bits per heavy atom. The Morgan fingerprint density at radius 1 is 0.667 bits per heavy atom. The van der Waals surface area contributed by atoms with Crippen LogP contribution in [0.4, 0.5) is 0 Å². The zero-order valence-corrected chi connectivity index (χ0v) is 15.6. The zero-order valence-electron chi connectivity index (χ0n) is 15.6. The molecular weight excluding hydrogens is 368 g/mol. The number of rotatable bonds is 10. The molecule has 0 radical (unpaired) electrons. The van der Waals surface area contributed by atoms with Crippen molar-refractivity contribution in [2.24, 2.45) is 0 Å². The van der Waals surface area contributed by atoms with Crippen LogP contribution >= 0.6 is 0 Å². The zero-order chi connectivity index (χ0) is 21.1. The van der Waals surface area contributed by atoms with E-state index in [0.717, 1.165) is 34.6 Å². The second-order valence-electron chi connectivity index (χ2n) is 5.31. The van der Waals surface area contributed by atoms with E-state index in [4.69, 9.17) is 23.7 Å². The highest BCUT2D eigenvalue weighted by Crippen LogP contribution is 2.19. The molecule has 0 saturated heterocycles. The van der Waals surface area contributed by atoms with Crippen molar-refractivity contribution in [3.8, 4) is 0 Å². The van der Waals surface area contributed by atoms with Crippen molar-refractivity contribution in [2.45, 2.75) is 59.0 Å². The van der Waals surface area contributed by atoms with Crippen molar-refractivity contribution in [1.29, 1.82) is 0 Å². The van der Waals surface area contributed by atoms with Gasteiger partial charge in [0.1, 0.15) is 6.61 Å². The molecule has 0 saturated carbocycles. The number of esters is 5. The number of carbonyl (C=O) groups excluding carboxylic acids is 6. The van der Waals surface area contributed by atoms with Gasteiger partial charge in [-0.3, -0.25) is 28.8 Å². The Morgan fingerprint density at radius 3 is 1.48 bits per heavy atom. The van der Waals surface area contributed by atoms with Crippen LogP contribution in [0, 0.1) is 0 Å². The average molecular weight is 390 g/mol. The average Bonchev–Trinajstić information content (AvgIpc) is 2.51. The van der Waals surface area contributed by atoms with Gasteiger partial charge in [0.05, 0.1) is 0 Å². The molecule has 27 heavy (non-hydrogen) atoms. The van der Waals surface area contributed by atoms with E-state index < -0.39 is 60.9 Å². The fourth-order valence-electron chi connectivity index (χ4n) is 2.03. The third-order valence-electron chi connectivity index (χ3n) is 2.82. The third-order valence-corrected chi connectivity index (χ3v) is 2.82. The minimum Gasteiger partial charge on any atom is -0.462 e. The van der Waals surface area contributed by atoms with Crippen molar-refractivity contribution < 1.29 is 52.5 Å². The smallest absolute Gasteiger partial charge is 0.303 e. The van der Waals surface area contributed by atoms with Gasteiger partial charge in [-0.2, -0.15) is 0 Å². The second kappa shape index (κ2) is 11.6. The molecule has 0 aliphatic heterocycles. The van der Waals surface area contributed by atoms with Crippen LogP contribution in [0.1, 0.15) is 34.6 Å². The summed E-state index contributed by atoms with van der Waals surface area (Å²) in [6.45, 7) is 4.56. The molecule has 0 heterocycles. The molecule has 0 aromatic carbocycles. The topological polar surface area (TPSA) is 149 Å². The summed E-state index contributed by atoms with van der Waals surface area (Å²) in [7, 11) is 0. The molecule has 0 aromatic rings. The SMILES string of the molecule is CC(=O)OC[C@H](OC(C)=O)[C@H](OC(C)=O)[C@H](OC(C)=O)[C@H](C=O)OC(C)=O. The Labute approximate surface area is 155 Å². The van der Waals surface area contributed by atoms with E-state index in [1.54, 1.807) is 0 Å². The Kier molecular flexibility index (Phi) is 10.3. The maximum atomic E-state index is 11.5. The van der Waals surface area contributed by atoms with Gasteiger partial charge in [-0.15, -0.1) is 0 Å². The summed E-state index contributed by atoms with van der Waals surface area (Å²) in [5, 5.41) is 0. The largest absolute Gasteiger partial charge is 0.462 e. The molecule has 0 spiro atoms. The quantitative estimate of drug-likeness (QED) is 0.269. The monoisotopic (exact) mass is 390 g/mol. The van der Waals surface area contributed by atoms with Gasteiger partial charge in [-0.1, -0.05) is 0 Å². The van der Waals surface area contributed by atoms with E-state index in [1.165, 1.54) is 0 Å². The number of aldehydes is 1. The van der Waals surface area contributed by atoms with E-state index in [2.05, 4.69) is 0 Å². The highest BCUT2D eigenvalue weighted by molar-refractivity contribution is 5.72. The van der Waals surface area contributed by atoms with Crippen LogP contribution in [0.5, 0.6) is 0 Å². The predicted molar refractivity (Wildman–Crippen MR) is 84.9 cm³/mol. The minimum absolute atomic E-state index is 0.155. The van der Waals surface area contributed by atoms with Gasteiger partial charge in [-0.05, 0) is 0 Å². The lowest BCUT2D eigenvalue weighted by Crippen LogP contribution is -2.53. The van der Waals surface area contributed by atoms with E-state index in [9.17, 15) is 28.8 Å². The minimum atomic E-state index is -1.67. The number of hydrogen-bond donors (Lipinski definition) is 0. The first-order chi connectivity index (χ1) is 12.5. The summed E-state index contributed by atoms with van der Waals surface area (Å²) >= 11 is 0. The van der Waals surface area contributed by atoms with Crippen LogP contribution < -0.4 is 0 Å². The maximum Gasteiger partial charge on any atom is 0.303 e. The summed E-state index contributed by atoms with van der Waals surface area (Å²) in [6, 6.07) is 0. The number of ether oxygens (including phenoxy) is 5. The first-order valence-electron chi connectivity index (χ1n) is 7.75. The molecule has 0 unspecified atom stereocenters. The van der Waals surface area contributed by atoms with Crippen molar-refractivity contribution in [1.82, 2.24) is 0 Å². The molecule has 0 amide bonds. The lowest BCUT2D eigenvalue weighted by molar-refractivity contribution is -0.201. The van der Waals surface area contributed by atoms with Crippen LogP contribution in [-0.4, -0.2) is 67.2 Å². The van der Waals surface area contributed by atoms with Crippen LogP contribution in [0.15, 0.2) is 0 Å². The molecule has 0 N–H and O–H groups in total. The highest BCUT2D eigenvalue weighted by atomic mass is 16.6. The van der Waals surface area contributed by atoms with E-state index >= 15 is 0 Å². The molecule has 11 nitrogen and oxygen atoms in total. The molecular formula is C16H22O11. The highest BCUT2D eigenvalue weighted by Gasteiger charge is 2.43. The Bertz CT molecular complexity index is 583. The van der Waals surface area contributed by atoms with Gasteiger partial charge in [0.15, 0.2) is 30.7 Å². The van der Waals surface area contributed by atoms with Crippen LogP contribution in [0.25, 0.3) is 0 Å². The first-order valence-corrected chi connectivity index (χ1v) is 7.75. The van der Waals surface area contributed by atoms with Crippen molar-refractivity contribution in [3.05, 3.63) is 0 Å². The Balaban J connectivity index is 6.00. The van der Waals surface area contributed by atoms with E-state index in [-0.39, 0.29) is 6.29 Å². The standard InChI is InChI=1S/C16H22O11/c1-8(18)23-7-14(25-10(3)20)16(27-12(5)22)15(26-11(4)21)13(6-17)24-9(2)19/h6,13-16H,7H2,1-5H3/t13-,14-,15+,16-/m0/s1. The fraction of sp³-hybridized carbons (Fsp3) is 0.625. The van der Waals surface area contributed by atoms with Gasteiger partial charge in [0.25, 0.3) is 0 Å². The van der Waals surface area contributed by atoms with Gasteiger partial charge in [0, 0.05) is 34.6 Å². The molecule has 11 heteroatoms. The first kappa shape index (κ1) is 24.0. The lowest BCUT2D eigenvalue weighted by Gasteiger charge is -2.33. The van der Waals surface area contributed by atoms with Crippen molar-refractivity contribution in [2.75, 3.05) is 6.61 Å². The summed E-state index contributed by atoms with van der Waals surface area (Å²) in [6.07, 6.45) is -6.23. The van der Waals surface area contributed by atoms with Crippen LogP contribution in [-0.2, 0) is 52.5 Å².